The van der Waals surface area contributed by atoms with Gasteiger partial charge in [0.15, 0.2) is 0 Å². The zero-order valence-corrected chi connectivity index (χ0v) is 17.1. The molecule has 0 bridgehead atoms. The molecule has 0 spiro atoms. The Bertz CT molecular complexity index is 1080. The van der Waals surface area contributed by atoms with Gasteiger partial charge in [0.1, 0.15) is 11.4 Å². The average Bonchev–Trinajstić information content (AvgIpc) is 3.39. The van der Waals surface area contributed by atoms with E-state index in [4.69, 9.17) is 0 Å². The molecule has 1 aliphatic rings. The average molecular weight is 409 g/mol. The molecule has 30 heavy (non-hydrogen) atoms. The number of aromatic nitrogens is 3. The molecule has 156 valence electrons. The predicted octanol–water partition coefficient (Wildman–Crippen LogP) is 1.15. The summed E-state index contributed by atoms with van der Waals surface area (Å²) in [6.45, 7) is 6.39. The van der Waals surface area contributed by atoms with E-state index in [0.717, 1.165) is 25.3 Å². The number of likely N-dealkylation sites (N-methyl/N-ethyl adjacent to an activating group) is 1. The van der Waals surface area contributed by atoms with Crippen molar-refractivity contribution in [2.75, 3.05) is 32.7 Å². The molecule has 9 nitrogen and oxygen atoms in total. The van der Waals surface area contributed by atoms with Crippen molar-refractivity contribution in [3.63, 3.8) is 0 Å². The van der Waals surface area contributed by atoms with Gasteiger partial charge in [0.2, 0.25) is 0 Å². The Morgan fingerprint density at radius 3 is 2.60 bits per heavy atom. The summed E-state index contributed by atoms with van der Waals surface area (Å²) >= 11 is 0. The molecule has 2 aromatic heterocycles. The normalized spacial score (nSPS) is 14.8. The SMILES string of the molecule is CC[NH+]1CCN(C(=O)c2cc(-c3cccn3C)nn2-c2cccc([N+](=O)[O-])c2)CC1. The first kappa shape index (κ1) is 19.8. The smallest absolute Gasteiger partial charge is 0.273 e. The second-order valence-electron chi connectivity index (χ2n) is 7.50. The second kappa shape index (κ2) is 8.11. The number of benzene rings is 1. The van der Waals surface area contributed by atoms with Gasteiger partial charge in [-0.25, -0.2) is 4.68 Å². The first-order valence-corrected chi connectivity index (χ1v) is 10.1. The van der Waals surface area contributed by atoms with Crippen molar-refractivity contribution in [3.05, 3.63) is 64.5 Å². The maximum Gasteiger partial charge on any atom is 0.273 e. The highest BCUT2D eigenvalue weighted by molar-refractivity contribution is 5.94. The van der Waals surface area contributed by atoms with Crippen LogP contribution in [0, 0.1) is 10.1 Å². The van der Waals surface area contributed by atoms with Crippen molar-refractivity contribution >= 4 is 11.6 Å². The lowest BCUT2D eigenvalue weighted by atomic mass is 10.2. The summed E-state index contributed by atoms with van der Waals surface area (Å²) in [5, 5.41) is 15.9. The van der Waals surface area contributed by atoms with Crippen molar-refractivity contribution < 1.29 is 14.6 Å². The van der Waals surface area contributed by atoms with Crippen LogP contribution in [0.15, 0.2) is 48.7 Å². The number of hydrogen-bond donors (Lipinski definition) is 1. The lowest BCUT2D eigenvalue weighted by Crippen LogP contribution is -3.14. The molecule has 0 aliphatic carbocycles. The van der Waals surface area contributed by atoms with E-state index in [1.165, 1.54) is 21.7 Å². The second-order valence-corrected chi connectivity index (χ2v) is 7.50. The number of carbonyl (C=O) groups is 1. The number of rotatable bonds is 5. The molecule has 0 saturated carbocycles. The molecule has 1 aliphatic heterocycles. The Hall–Kier alpha value is -3.46. The van der Waals surface area contributed by atoms with Crippen LogP contribution in [0.3, 0.4) is 0 Å². The summed E-state index contributed by atoms with van der Waals surface area (Å²) in [7, 11) is 1.91. The van der Waals surface area contributed by atoms with Gasteiger partial charge in [-0.1, -0.05) is 6.07 Å². The van der Waals surface area contributed by atoms with Gasteiger partial charge in [0.25, 0.3) is 11.6 Å². The molecule has 0 atom stereocenters. The van der Waals surface area contributed by atoms with E-state index in [-0.39, 0.29) is 11.6 Å². The topological polar surface area (TPSA) is 90.6 Å². The Morgan fingerprint density at radius 2 is 1.97 bits per heavy atom. The Balaban J connectivity index is 1.76. The largest absolute Gasteiger partial charge is 0.349 e. The molecule has 1 amide bonds. The van der Waals surface area contributed by atoms with Gasteiger partial charge < -0.3 is 14.4 Å². The van der Waals surface area contributed by atoms with Crippen LogP contribution in [0.1, 0.15) is 17.4 Å². The Kier molecular flexibility index (Phi) is 5.37. The summed E-state index contributed by atoms with van der Waals surface area (Å²) in [6.07, 6.45) is 1.91. The number of nitro benzene ring substituents is 1. The van der Waals surface area contributed by atoms with E-state index in [1.807, 2.05) is 34.8 Å². The number of nitrogens with one attached hydrogen (secondary N) is 1. The zero-order valence-electron chi connectivity index (χ0n) is 17.1. The van der Waals surface area contributed by atoms with Gasteiger partial charge in [0, 0.05) is 25.4 Å². The molecular weight excluding hydrogens is 384 g/mol. The quantitative estimate of drug-likeness (QED) is 0.506. The first-order valence-electron chi connectivity index (χ1n) is 10.1. The third-order valence-corrected chi connectivity index (χ3v) is 5.68. The Morgan fingerprint density at radius 1 is 1.20 bits per heavy atom. The van der Waals surface area contributed by atoms with E-state index < -0.39 is 4.92 Å². The van der Waals surface area contributed by atoms with Crippen LogP contribution in [-0.2, 0) is 7.05 Å². The fourth-order valence-corrected chi connectivity index (χ4v) is 3.86. The van der Waals surface area contributed by atoms with Crippen LogP contribution in [0.2, 0.25) is 0 Å². The number of piperazine rings is 1. The minimum absolute atomic E-state index is 0.0398. The summed E-state index contributed by atoms with van der Waals surface area (Å²) < 4.78 is 3.45. The number of hydrogen-bond acceptors (Lipinski definition) is 4. The Labute approximate surface area is 174 Å². The van der Waals surface area contributed by atoms with Crippen molar-refractivity contribution in [1.29, 1.82) is 0 Å². The molecule has 1 N–H and O–H groups in total. The van der Waals surface area contributed by atoms with E-state index in [2.05, 4.69) is 12.0 Å². The van der Waals surface area contributed by atoms with Crippen LogP contribution < -0.4 is 4.90 Å². The van der Waals surface area contributed by atoms with E-state index in [1.54, 1.807) is 18.2 Å². The lowest BCUT2D eigenvalue weighted by molar-refractivity contribution is -0.902. The van der Waals surface area contributed by atoms with Gasteiger partial charge in [-0.15, -0.1) is 0 Å². The molecule has 1 saturated heterocycles. The van der Waals surface area contributed by atoms with Crippen LogP contribution in [0.25, 0.3) is 17.1 Å². The minimum Gasteiger partial charge on any atom is -0.349 e. The van der Waals surface area contributed by atoms with Gasteiger partial charge in [0.05, 0.1) is 49.0 Å². The molecule has 0 radical (unpaired) electrons. The number of carbonyl (C=O) groups excluding carboxylic acids is 1. The number of amides is 1. The van der Waals surface area contributed by atoms with Crippen molar-refractivity contribution in [3.8, 4) is 17.1 Å². The number of nitro groups is 1. The maximum atomic E-state index is 13.4. The highest BCUT2D eigenvalue weighted by atomic mass is 16.6. The zero-order chi connectivity index (χ0) is 21.3. The highest BCUT2D eigenvalue weighted by Crippen LogP contribution is 2.24. The van der Waals surface area contributed by atoms with Crippen LogP contribution >= 0.6 is 0 Å². The number of nitrogens with zero attached hydrogens (tertiary/aromatic N) is 5. The summed E-state index contributed by atoms with van der Waals surface area (Å²) in [4.78, 5) is 27.5. The molecule has 3 aromatic rings. The van der Waals surface area contributed by atoms with Crippen molar-refractivity contribution in [1.82, 2.24) is 19.2 Å². The summed E-state index contributed by atoms with van der Waals surface area (Å²) in [5.41, 5.74) is 2.38. The number of quaternary nitrogens is 1. The third-order valence-electron chi connectivity index (χ3n) is 5.68. The van der Waals surface area contributed by atoms with E-state index in [9.17, 15) is 14.9 Å². The van der Waals surface area contributed by atoms with Crippen molar-refractivity contribution in [2.45, 2.75) is 6.92 Å². The number of aryl methyl sites for hydroxylation is 1. The first-order chi connectivity index (χ1) is 14.5. The molecule has 3 heterocycles. The van der Waals surface area contributed by atoms with Gasteiger partial charge in [-0.3, -0.25) is 14.9 Å². The van der Waals surface area contributed by atoms with Crippen LogP contribution in [-0.4, -0.2) is 62.8 Å². The molecule has 1 aromatic carbocycles. The standard InChI is InChI=1S/C21H24N6O3/c1-3-24-10-12-25(13-11-24)21(28)20-15-18(19-8-5-9-23(19)2)22-26(20)16-6-4-7-17(14-16)27(29)30/h4-9,14-15H,3,10-13H2,1-2H3/p+1. The highest BCUT2D eigenvalue weighted by Gasteiger charge is 2.28. The summed E-state index contributed by atoms with van der Waals surface area (Å²) in [5.74, 6) is -0.107. The van der Waals surface area contributed by atoms with Crippen LogP contribution in [0.5, 0.6) is 0 Å². The number of non-ortho nitro benzene ring substituents is 1. The monoisotopic (exact) mass is 409 g/mol. The van der Waals surface area contributed by atoms with Gasteiger partial charge >= 0.3 is 0 Å². The molecule has 1 fully saturated rings. The molecular formula is C21H25N6O3+. The lowest BCUT2D eigenvalue weighted by Gasteiger charge is -2.31. The minimum atomic E-state index is -0.445. The molecule has 9 heteroatoms. The van der Waals surface area contributed by atoms with Crippen LogP contribution in [0.4, 0.5) is 5.69 Å². The fraction of sp³-hybridized carbons (Fsp3) is 0.333. The van der Waals surface area contributed by atoms with Gasteiger partial charge in [-0.2, -0.15) is 5.10 Å². The predicted molar refractivity (Wildman–Crippen MR) is 112 cm³/mol. The summed E-state index contributed by atoms with van der Waals surface area (Å²) in [6, 6.07) is 11.8. The fourth-order valence-electron chi connectivity index (χ4n) is 3.86. The van der Waals surface area contributed by atoms with E-state index in [0.29, 0.717) is 30.2 Å². The maximum absolute atomic E-state index is 13.4. The van der Waals surface area contributed by atoms with E-state index >= 15 is 0 Å². The van der Waals surface area contributed by atoms with Crippen molar-refractivity contribution in [2.24, 2.45) is 7.05 Å². The molecule has 0 unspecified atom stereocenters. The van der Waals surface area contributed by atoms with Gasteiger partial charge in [-0.05, 0) is 31.2 Å². The molecule has 4 rings (SSSR count). The third kappa shape index (κ3) is 3.71.